The zero-order chi connectivity index (χ0) is 20.4. The number of halogens is 2. The number of hydrogen-bond acceptors (Lipinski definition) is 3. The molecule has 0 aliphatic rings. The summed E-state index contributed by atoms with van der Waals surface area (Å²) in [5.74, 6) is 0.443. The van der Waals surface area contributed by atoms with Gasteiger partial charge in [0.15, 0.2) is 5.11 Å². The lowest BCUT2D eigenvalue weighted by Gasteiger charge is -2.11. The Hall–Kier alpha value is -1.82. The average molecular weight is 439 g/mol. The molecule has 0 aliphatic carbocycles. The number of thiocarbonyl (C=S) groups is 1. The first-order valence-electron chi connectivity index (χ1n) is 9.29. The number of carbonyl (C=O) groups excluding carboxylic acids is 1. The second-order valence-electron chi connectivity index (χ2n) is 6.35. The van der Waals surface area contributed by atoms with E-state index in [4.69, 9.17) is 40.2 Å². The van der Waals surface area contributed by atoms with Crippen LogP contribution in [0.2, 0.25) is 10.0 Å². The fourth-order valence-electron chi connectivity index (χ4n) is 2.56. The van der Waals surface area contributed by atoms with E-state index in [1.54, 1.807) is 42.5 Å². The molecule has 2 rings (SSSR count). The monoisotopic (exact) mass is 438 g/mol. The Morgan fingerprint density at radius 2 is 1.64 bits per heavy atom. The van der Waals surface area contributed by atoms with Crippen molar-refractivity contribution in [2.75, 3.05) is 11.9 Å². The van der Waals surface area contributed by atoms with Crippen LogP contribution >= 0.6 is 35.4 Å². The van der Waals surface area contributed by atoms with Gasteiger partial charge in [-0.15, -0.1) is 0 Å². The molecule has 2 N–H and O–H groups in total. The van der Waals surface area contributed by atoms with Crippen molar-refractivity contribution in [3.05, 3.63) is 58.1 Å². The van der Waals surface area contributed by atoms with Crippen LogP contribution < -0.4 is 15.4 Å². The van der Waals surface area contributed by atoms with Gasteiger partial charge in [-0.3, -0.25) is 10.1 Å². The first kappa shape index (κ1) is 22.5. The normalized spacial score (nSPS) is 10.4. The van der Waals surface area contributed by atoms with Crippen LogP contribution in [-0.4, -0.2) is 17.6 Å². The van der Waals surface area contributed by atoms with Crippen molar-refractivity contribution in [1.82, 2.24) is 5.32 Å². The lowest BCUT2D eigenvalue weighted by Crippen LogP contribution is -2.34. The zero-order valence-corrected chi connectivity index (χ0v) is 18.1. The number of anilines is 1. The van der Waals surface area contributed by atoms with Gasteiger partial charge < -0.3 is 10.1 Å². The number of hydrogen-bond donors (Lipinski definition) is 2. The van der Waals surface area contributed by atoms with Gasteiger partial charge in [0.2, 0.25) is 0 Å². The first-order valence-corrected chi connectivity index (χ1v) is 10.5. The van der Waals surface area contributed by atoms with E-state index < -0.39 is 0 Å². The molecule has 2 aromatic rings. The molecule has 0 radical (unpaired) electrons. The quantitative estimate of drug-likeness (QED) is 0.347. The fourth-order valence-corrected chi connectivity index (χ4v) is 3.30. The Kier molecular flexibility index (Phi) is 9.55. The van der Waals surface area contributed by atoms with E-state index in [-0.39, 0.29) is 11.0 Å². The molecule has 0 atom stereocenters. The molecule has 2 aromatic carbocycles. The molecular formula is C21H24Cl2N2O2S. The second kappa shape index (κ2) is 11.9. The highest BCUT2D eigenvalue weighted by Gasteiger charge is 2.09. The number of carbonyl (C=O) groups is 1. The third kappa shape index (κ3) is 8.05. The SMILES string of the molecule is CCCCCCCOc1ccc(C(=O)NC(=S)Nc2cc(Cl)cc(Cl)c2)cc1. The van der Waals surface area contributed by atoms with E-state index in [1.807, 2.05) is 0 Å². The van der Waals surface area contributed by atoms with E-state index >= 15 is 0 Å². The molecule has 0 heterocycles. The van der Waals surface area contributed by atoms with Gasteiger partial charge in [-0.05, 0) is 61.1 Å². The Morgan fingerprint density at radius 1 is 1.00 bits per heavy atom. The molecule has 0 aliphatic heterocycles. The van der Waals surface area contributed by atoms with Crippen molar-refractivity contribution in [2.45, 2.75) is 39.0 Å². The summed E-state index contributed by atoms with van der Waals surface area (Å²) in [5.41, 5.74) is 1.09. The number of unbranched alkanes of at least 4 members (excludes halogenated alkanes) is 4. The molecule has 7 heteroatoms. The number of rotatable bonds is 9. The largest absolute Gasteiger partial charge is 0.494 e. The van der Waals surface area contributed by atoms with Gasteiger partial charge in [0.05, 0.1) is 6.61 Å². The van der Waals surface area contributed by atoms with Gasteiger partial charge in [-0.2, -0.15) is 0 Å². The maximum absolute atomic E-state index is 12.3. The number of nitrogens with one attached hydrogen (secondary N) is 2. The summed E-state index contributed by atoms with van der Waals surface area (Å²) in [4.78, 5) is 12.3. The maximum atomic E-state index is 12.3. The summed E-state index contributed by atoms with van der Waals surface area (Å²) in [6.07, 6.45) is 5.96. The minimum absolute atomic E-state index is 0.163. The van der Waals surface area contributed by atoms with Crippen LogP contribution in [0, 0.1) is 0 Å². The lowest BCUT2D eigenvalue weighted by atomic mass is 10.2. The van der Waals surface area contributed by atoms with E-state index in [0.29, 0.717) is 27.9 Å². The molecule has 28 heavy (non-hydrogen) atoms. The molecule has 1 amide bonds. The summed E-state index contributed by atoms with van der Waals surface area (Å²) in [7, 11) is 0. The topological polar surface area (TPSA) is 50.4 Å². The standard InChI is InChI=1S/C21H24Cl2N2O2S/c1-2-3-4-5-6-11-27-19-9-7-15(8-10-19)20(26)25-21(28)24-18-13-16(22)12-17(23)14-18/h7-10,12-14H,2-6,11H2,1H3,(H2,24,25,26,28). The molecule has 0 spiro atoms. The molecule has 0 unspecified atom stereocenters. The van der Waals surface area contributed by atoms with Crippen molar-refractivity contribution in [2.24, 2.45) is 0 Å². The molecule has 150 valence electrons. The minimum Gasteiger partial charge on any atom is -0.494 e. The predicted octanol–water partition coefficient (Wildman–Crippen LogP) is 6.47. The Bertz CT molecular complexity index is 777. The van der Waals surface area contributed by atoms with Crippen LogP contribution in [0.5, 0.6) is 5.75 Å². The molecule has 0 fully saturated rings. The van der Waals surface area contributed by atoms with Crippen molar-refractivity contribution in [3.8, 4) is 5.75 Å². The molecule has 4 nitrogen and oxygen atoms in total. The third-order valence-corrected chi connectivity index (χ3v) is 4.62. The van der Waals surface area contributed by atoms with Gasteiger partial charge in [-0.1, -0.05) is 55.8 Å². The van der Waals surface area contributed by atoms with Gasteiger partial charge in [-0.25, -0.2) is 0 Å². The van der Waals surface area contributed by atoms with Crippen molar-refractivity contribution in [3.63, 3.8) is 0 Å². The van der Waals surface area contributed by atoms with E-state index in [1.165, 1.54) is 25.7 Å². The van der Waals surface area contributed by atoms with Crippen LogP contribution in [0.4, 0.5) is 5.69 Å². The summed E-state index contributed by atoms with van der Waals surface area (Å²) in [5, 5.41) is 6.64. The number of amides is 1. The van der Waals surface area contributed by atoms with Gasteiger partial charge in [0, 0.05) is 21.3 Å². The van der Waals surface area contributed by atoms with E-state index in [0.717, 1.165) is 12.2 Å². The van der Waals surface area contributed by atoms with Crippen LogP contribution in [0.1, 0.15) is 49.4 Å². The summed E-state index contributed by atoms with van der Waals surface area (Å²) in [6.45, 7) is 2.88. The Labute approximate surface area is 181 Å². The highest BCUT2D eigenvalue weighted by molar-refractivity contribution is 7.80. The van der Waals surface area contributed by atoms with Crippen LogP contribution in [0.3, 0.4) is 0 Å². The zero-order valence-electron chi connectivity index (χ0n) is 15.8. The highest BCUT2D eigenvalue weighted by atomic mass is 35.5. The molecule has 0 bridgehead atoms. The molecule has 0 saturated carbocycles. The Morgan fingerprint density at radius 3 is 2.29 bits per heavy atom. The highest BCUT2D eigenvalue weighted by Crippen LogP contribution is 2.22. The molecule has 0 saturated heterocycles. The Balaban J connectivity index is 1.79. The van der Waals surface area contributed by atoms with Crippen LogP contribution in [-0.2, 0) is 0 Å². The van der Waals surface area contributed by atoms with Gasteiger partial charge >= 0.3 is 0 Å². The van der Waals surface area contributed by atoms with Crippen molar-refractivity contribution < 1.29 is 9.53 Å². The van der Waals surface area contributed by atoms with Crippen molar-refractivity contribution in [1.29, 1.82) is 0 Å². The predicted molar refractivity (Wildman–Crippen MR) is 121 cm³/mol. The summed E-state index contributed by atoms with van der Waals surface area (Å²) in [6, 6.07) is 11.9. The third-order valence-electron chi connectivity index (χ3n) is 3.98. The van der Waals surface area contributed by atoms with Gasteiger partial charge in [0.1, 0.15) is 5.75 Å². The second-order valence-corrected chi connectivity index (χ2v) is 7.63. The summed E-state index contributed by atoms with van der Waals surface area (Å²) >= 11 is 17.1. The maximum Gasteiger partial charge on any atom is 0.257 e. The van der Waals surface area contributed by atoms with Crippen molar-refractivity contribution >= 4 is 52.1 Å². The van der Waals surface area contributed by atoms with E-state index in [9.17, 15) is 4.79 Å². The van der Waals surface area contributed by atoms with Crippen LogP contribution in [0.15, 0.2) is 42.5 Å². The fraction of sp³-hybridized carbons (Fsp3) is 0.333. The van der Waals surface area contributed by atoms with E-state index in [2.05, 4.69) is 17.6 Å². The van der Waals surface area contributed by atoms with Crippen LogP contribution in [0.25, 0.3) is 0 Å². The average Bonchev–Trinajstić information content (AvgIpc) is 2.64. The van der Waals surface area contributed by atoms with Gasteiger partial charge in [0.25, 0.3) is 5.91 Å². The first-order chi connectivity index (χ1) is 13.5. The summed E-state index contributed by atoms with van der Waals surface area (Å²) < 4.78 is 5.71. The molecule has 0 aromatic heterocycles. The number of ether oxygens (including phenoxy) is 1. The number of benzene rings is 2. The smallest absolute Gasteiger partial charge is 0.257 e. The lowest BCUT2D eigenvalue weighted by molar-refractivity contribution is 0.0977. The minimum atomic E-state index is -0.309. The molecular weight excluding hydrogens is 415 g/mol.